The second-order valence-electron chi connectivity index (χ2n) is 4.31. The van der Waals surface area contributed by atoms with Gasteiger partial charge >= 0.3 is 0 Å². The Labute approximate surface area is 147 Å². The molecule has 22 heavy (non-hydrogen) atoms. The fraction of sp³-hybridized carbons (Fsp3) is 0. The van der Waals surface area contributed by atoms with Gasteiger partial charge in [0.2, 0.25) is 5.91 Å². The fourth-order valence-electron chi connectivity index (χ4n) is 1.63. The average Bonchev–Trinajstić information content (AvgIpc) is 2.49. The van der Waals surface area contributed by atoms with Crippen LogP contribution in [0.15, 0.2) is 59.1 Å². The van der Waals surface area contributed by atoms with Gasteiger partial charge in [-0.3, -0.25) is 10.1 Å². The van der Waals surface area contributed by atoms with E-state index in [4.69, 9.17) is 23.8 Å². The number of carbonyl (C=O) groups excluding carboxylic acids is 1. The van der Waals surface area contributed by atoms with Crippen LogP contribution in [0, 0.1) is 0 Å². The van der Waals surface area contributed by atoms with E-state index in [1.54, 1.807) is 18.2 Å². The van der Waals surface area contributed by atoms with Crippen molar-refractivity contribution in [3.63, 3.8) is 0 Å². The van der Waals surface area contributed by atoms with Crippen LogP contribution in [0.25, 0.3) is 6.08 Å². The third kappa shape index (κ3) is 5.26. The molecule has 2 aromatic rings. The standard InChI is InChI=1S/C16H12BrClN2OS/c17-12-7-8-14(13(18)10-12)19-16(22)20-15(21)9-6-11-4-2-1-3-5-11/h1-10H,(H2,19,20,21,22)/b9-6+. The van der Waals surface area contributed by atoms with E-state index in [2.05, 4.69) is 26.6 Å². The highest BCUT2D eigenvalue weighted by Gasteiger charge is 2.05. The number of halogens is 2. The number of hydrogen-bond acceptors (Lipinski definition) is 2. The molecule has 1 amide bonds. The zero-order valence-corrected chi connectivity index (χ0v) is 14.5. The molecule has 0 aliphatic heterocycles. The van der Waals surface area contributed by atoms with Crippen LogP contribution in [-0.4, -0.2) is 11.0 Å². The lowest BCUT2D eigenvalue weighted by Crippen LogP contribution is -2.32. The van der Waals surface area contributed by atoms with Gasteiger partial charge in [0, 0.05) is 10.5 Å². The zero-order chi connectivity index (χ0) is 15.9. The maximum atomic E-state index is 11.8. The Kier molecular flexibility index (Phi) is 6.12. The number of hydrogen-bond donors (Lipinski definition) is 2. The summed E-state index contributed by atoms with van der Waals surface area (Å²) in [6.07, 6.45) is 3.14. The predicted octanol–water partition coefficient (Wildman–Crippen LogP) is 4.63. The van der Waals surface area contributed by atoms with Gasteiger partial charge in [0.25, 0.3) is 0 Å². The normalized spacial score (nSPS) is 10.5. The Bertz CT molecular complexity index is 719. The smallest absolute Gasteiger partial charge is 0.250 e. The summed E-state index contributed by atoms with van der Waals surface area (Å²) < 4.78 is 0.865. The molecule has 0 radical (unpaired) electrons. The highest BCUT2D eigenvalue weighted by atomic mass is 79.9. The number of carbonyl (C=O) groups is 1. The third-order valence-electron chi connectivity index (χ3n) is 2.64. The van der Waals surface area contributed by atoms with E-state index < -0.39 is 0 Å². The van der Waals surface area contributed by atoms with Crippen LogP contribution < -0.4 is 10.6 Å². The molecule has 0 saturated heterocycles. The van der Waals surface area contributed by atoms with Gasteiger partial charge in [-0.1, -0.05) is 57.9 Å². The maximum absolute atomic E-state index is 11.8. The van der Waals surface area contributed by atoms with Crippen molar-refractivity contribution in [3.8, 4) is 0 Å². The molecule has 0 fully saturated rings. The topological polar surface area (TPSA) is 41.1 Å². The van der Waals surface area contributed by atoms with Crippen molar-refractivity contribution in [2.75, 3.05) is 5.32 Å². The van der Waals surface area contributed by atoms with Gasteiger partial charge in [-0.2, -0.15) is 0 Å². The van der Waals surface area contributed by atoms with Crippen LogP contribution >= 0.6 is 39.7 Å². The van der Waals surface area contributed by atoms with Crippen molar-refractivity contribution in [2.45, 2.75) is 0 Å². The quantitative estimate of drug-likeness (QED) is 0.588. The molecule has 0 aliphatic rings. The van der Waals surface area contributed by atoms with Gasteiger partial charge in [-0.05, 0) is 42.1 Å². The SMILES string of the molecule is O=C(/C=C/c1ccccc1)NC(=S)Nc1ccc(Br)cc1Cl. The molecule has 3 nitrogen and oxygen atoms in total. The zero-order valence-electron chi connectivity index (χ0n) is 11.3. The number of rotatable bonds is 3. The second-order valence-corrected chi connectivity index (χ2v) is 6.04. The molecule has 112 valence electrons. The van der Waals surface area contributed by atoms with Crippen molar-refractivity contribution in [3.05, 3.63) is 69.7 Å². The van der Waals surface area contributed by atoms with Crippen molar-refractivity contribution in [1.82, 2.24) is 5.32 Å². The molecule has 2 aromatic carbocycles. The van der Waals surface area contributed by atoms with Gasteiger partial charge in [0.15, 0.2) is 5.11 Å². The van der Waals surface area contributed by atoms with Crippen molar-refractivity contribution < 1.29 is 4.79 Å². The molecular weight excluding hydrogens is 384 g/mol. The van der Waals surface area contributed by atoms with E-state index in [1.807, 2.05) is 36.4 Å². The lowest BCUT2D eigenvalue weighted by Gasteiger charge is -2.09. The summed E-state index contributed by atoms with van der Waals surface area (Å²) in [5, 5.41) is 6.14. The minimum atomic E-state index is -0.311. The Morgan fingerprint density at radius 3 is 2.59 bits per heavy atom. The van der Waals surface area contributed by atoms with Crippen LogP contribution in [0.2, 0.25) is 5.02 Å². The monoisotopic (exact) mass is 394 g/mol. The van der Waals surface area contributed by atoms with E-state index in [0.717, 1.165) is 10.0 Å². The minimum absolute atomic E-state index is 0.187. The number of anilines is 1. The summed E-state index contributed by atoms with van der Waals surface area (Å²) in [6, 6.07) is 14.9. The van der Waals surface area contributed by atoms with E-state index in [-0.39, 0.29) is 11.0 Å². The van der Waals surface area contributed by atoms with Crippen molar-refractivity contribution >= 4 is 62.5 Å². The molecule has 6 heteroatoms. The van der Waals surface area contributed by atoms with E-state index >= 15 is 0 Å². The van der Waals surface area contributed by atoms with Gasteiger partial charge in [0.05, 0.1) is 10.7 Å². The highest BCUT2D eigenvalue weighted by molar-refractivity contribution is 9.10. The summed E-state index contributed by atoms with van der Waals surface area (Å²) >= 11 is 14.5. The first-order valence-electron chi connectivity index (χ1n) is 6.35. The van der Waals surface area contributed by atoms with Gasteiger partial charge in [-0.15, -0.1) is 0 Å². The first kappa shape index (κ1) is 16.7. The molecule has 0 atom stereocenters. The molecule has 2 rings (SSSR count). The molecule has 0 saturated carbocycles. The summed E-state index contributed by atoms with van der Waals surface area (Å²) in [5.41, 5.74) is 1.56. The summed E-state index contributed by atoms with van der Waals surface area (Å²) in [6.45, 7) is 0. The second kappa shape index (κ2) is 8.08. The summed E-state index contributed by atoms with van der Waals surface area (Å²) in [4.78, 5) is 11.8. The fourth-order valence-corrected chi connectivity index (χ4v) is 2.57. The molecule has 2 N–H and O–H groups in total. The molecule has 0 aliphatic carbocycles. The van der Waals surface area contributed by atoms with E-state index in [1.165, 1.54) is 6.08 Å². The largest absolute Gasteiger partial charge is 0.331 e. The summed E-state index contributed by atoms with van der Waals surface area (Å²) in [7, 11) is 0. The van der Waals surface area contributed by atoms with Crippen LogP contribution in [0.3, 0.4) is 0 Å². The van der Waals surface area contributed by atoms with Gasteiger partial charge < -0.3 is 5.32 Å². The van der Waals surface area contributed by atoms with Crippen molar-refractivity contribution in [2.24, 2.45) is 0 Å². The van der Waals surface area contributed by atoms with Gasteiger partial charge in [-0.25, -0.2) is 0 Å². The predicted molar refractivity (Wildman–Crippen MR) is 99.0 cm³/mol. The third-order valence-corrected chi connectivity index (χ3v) is 3.65. The van der Waals surface area contributed by atoms with Crippen LogP contribution in [0.1, 0.15) is 5.56 Å². The van der Waals surface area contributed by atoms with Crippen LogP contribution in [-0.2, 0) is 4.79 Å². The molecule has 0 bridgehead atoms. The Balaban J connectivity index is 1.91. The van der Waals surface area contributed by atoms with Gasteiger partial charge in [0.1, 0.15) is 0 Å². The number of amides is 1. The molecule has 0 unspecified atom stereocenters. The number of nitrogens with one attached hydrogen (secondary N) is 2. The Hall–Kier alpha value is -1.69. The minimum Gasteiger partial charge on any atom is -0.331 e. The first-order valence-corrected chi connectivity index (χ1v) is 7.92. The van der Waals surface area contributed by atoms with E-state index in [9.17, 15) is 4.79 Å². The lowest BCUT2D eigenvalue weighted by atomic mass is 10.2. The van der Waals surface area contributed by atoms with Crippen LogP contribution in [0.5, 0.6) is 0 Å². The van der Waals surface area contributed by atoms with Crippen LogP contribution in [0.4, 0.5) is 5.69 Å². The van der Waals surface area contributed by atoms with E-state index in [0.29, 0.717) is 10.7 Å². The number of benzene rings is 2. The average molecular weight is 396 g/mol. The highest BCUT2D eigenvalue weighted by Crippen LogP contribution is 2.25. The first-order chi connectivity index (χ1) is 10.5. The molecule has 0 aromatic heterocycles. The Morgan fingerprint density at radius 2 is 1.91 bits per heavy atom. The molecular formula is C16H12BrClN2OS. The van der Waals surface area contributed by atoms with Crippen molar-refractivity contribution in [1.29, 1.82) is 0 Å². The Morgan fingerprint density at radius 1 is 1.18 bits per heavy atom. The molecule has 0 spiro atoms. The molecule has 0 heterocycles. The lowest BCUT2D eigenvalue weighted by molar-refractivity contribution is -0.115. The maximum Gasteiger partial charge on any atom is 0.250 e. The number of thiocarbonyl (C=S) groups is 1. The summed E-state index contributed by atoms with van der Waals surface area (Å²) in [5.74, 6) is -0.311.